The second-order valence-electron chi connectivity index (χ2n) is 9.57. The number of nitrogens with one attached hydrogen (secondary N) is 1. The zero-order valence-electron chi connectivity index (χ0n) is 24.8. The number of carboxylic acid groups (broad SMARTS) is 5. The predicted octanol–water partition coefficient (Wildman–Crippen LogP) is -2.44. The van der Waals surface area contributed by atoms with Crippen LogP contribution in [0.1, 0.15) is 52.7 Å². The summed E-state index contributed by atoms with van der Waals surface area (Å²) in [7, 11) is 0. The quantitative estimate of drug-likeness (QED) is 0.108. The zero-order valence-corrected chi connectivity index (χ0v) is 24.8. The second-order valence-corrected chi connectivity index (χ2v) is 9.57. The summed E-state index contributed by atoms with van der Waals surface area (Å²) in [6, 6.07) is -3.41. The van der Waals surface area contributed by atoms with Gasteiger partial charge in [-0.2, -0.15) is 0 Å². The van der Waals surface area contributed by atoms with Gasteiger partial charge in [-0.3, -0.25) is 28.8 Å². The van der Waals surface area contributed by atoms with Crippen LogP contribution in [0, 0.1) is 11.8 Å². The Balaban J connectivity index is -0.000000225. The average molecular weight is 625 g/mol. The molecule has 19 heteroatoms. The third-order valence-electron chi connectivity index (χ3n) is 4.30. The van der Waals surface area contributed by atoms with E-state index in [0.717, 1.165) is 0 Å². The maximum Gasteiger partial charge on any atom is 0.321 e. The van der Waals surface area contributed by atoms with E-state index < -0.39 is 59.9 Å². The van der Waals surface area contributed by atoms with Crippen molar-refractivity contribution in [3.05, 3.63) is 18.2 Å². The highest BCUT2D eigenvalue weighted by molar-refractivity contribution is 5.83. The molecule has 0 saturated carbocycles. The smallest absolute Gasteiger partial charge is 0.321 e. The normalized spacial score (nSPS) is 12.5. The molecule has 0 unspecified atom stereocenters. The molecule has 43 heavy (non-hydrogen) atoms. The fourth-order valence-corrected chi connectivity index (χ4v) is 2.24. The second kappa shape index (κ2) is 26.7. The summed E-state index contributed by atoms with van der Waals surface area (Å²) in [5.41, 5.74) is 30.5. The predicted molar refractivity (Wildman–Crippen MR) is 154 cm³/mol. The fraction of sp³-hybridized carbons (Fsp3) is 0.625. The van der Waals surface area contributed by atoms with E-state index in [2.05, 4.69) is 21.4 Å². The summed E-state index contributed by atoms with van der Waals surface area (Å²) in [4.78, 5) is 66.2. The van der Waals surface area contributed by atoms with Crippen LogP contribution < -0.4 is 34.4 Å². The van der Waals surface area contributed by atoms with Crippen molar-refractivity contribution in [2.75, 3.05) is 6.54 Å². The Bertz CT molecular complexity index is 918. The Labute approximate surface area is 249 Å². The topological polar surface area (TPSA) is 388 Å². The largest absolute Gasteiger partial charge is 0.480 e. The van der Waals surface area contributed by atoms with Crippen molar-refractivity contribution in [1.82, 2.24) is 9.97 Å². The molecule has 250 valence electrons. The maximum atomic E-state index is 10.3. The first-order valence-electron chi connectivity index (χ1n) is 12.7. The number of aliphatic carboxylic acids is 5. The molecule has 0 aliphatic rings. The molecular formula is C24H48N8O11. The van der Waals surface area contributed by atoms with Gasteiger partial charge in [-0.25, -0.2) is 4.98 Å². The van der Waals surface area contributed by atoms with Crippen molar-refractivity contribution in [3.8, 4) is 0 Å². The van der Waals surface area contributed by atoms with E-state index >= 15 is 0 Å². The van der Waals surface area contributed by atoms with Gasteiger partial charge in [-0.15, -0.1) is 0 Å². The van der Waals surface area contributed by atoms with Crippen LogP contribution in [0.2, 0.25) is 0 Å². The van der Waals surface area contributed by atoms with Crippen LogP contribution in [-0.2, 0) is 35.2 Å². The van der Waals surface area contributed by atoms with Gasteiger partial charge in [0.05, 0.1) is 25.0 Å². The molecule has 0 bridgehead atoms. The van der Waals surface area contributed by atoms with E-state index in [0.29, 0.717) is 30.4 Å². The Kier molecular flexibility index (Phi) is 28.5. The number of carbonyl (C=O) groups excluding carboxylic acids is 1. The SMILES string of the molecule is CC(C)C[C@H](N)C(=O)O.CC(C)C[C@H](N)C(=O)O.NC(=O)C[C@H](N)C(=O)O.NCC(=O)O.N[C@@H](Cc1c[nH]cn1)C(=O)O. The molecule has 4 atom stereocenters. The van der Waals surface area contributed by atoms with E-state index in [4.69, 9.17) is 48.5 Å². The first-order chi connectivity index (χ1) is 19.6. The molecule has 0 aliphatic heterocycles. The number of hydrogen-bond acceptors (Lipinski definition) is 12. The van der Waals surface area contributed by atoms with Gasteiger partial charge >= 0.3 is 29.8 Å². The highest BCUT2D eigenvalue weighted by Gasteiger charge is 2.14. The van der Waals surface area contributed by atoms with E-state index in [1.54, 1.807) is 6.20 Å². The molecule has 0 aliphatic carbocycles. The van der Waals surface area contributed by atoms with Crippen molar-refractivity contribution in [2.45, 2.75) is 77.5 Å². The van der Waals surface area contributed by atoms with E-state index in [1.165, 1.54) is 6.33 Å². The van der Waals surface area contributed by atoms with Crippen LogP contribution in [0.5, 0.6) is 0 Å². The van der Waals surface area contributed by atoms with Gasteiger partial charge in [-0.1, -0.05) is 27.7 Å². The number of amides is 1. The molecule has 1 rings (SSSR count). The van der Waals surface area contributed by atoms with Gasteiger partial charge in [0.1, 0.15) is 24.2 Å². The highest BCUT2D eigenvalue weighted by Crippen LogP contribution is 2.02. The molecule has 0 spiro atoms. The van der Waals surface area contributed by atoms with Gasteiger partial charge in [0, 0.05) is 12.6 Å². The third kappa shape index (κ3) is 35.8. The number of nitrogens with zero attached hydrogens (tertiary/aromatic N) is 1. The van der Waals surface area contributed by atoms with Gasteiger partial charge < -0.3 is 64.9 Å². The van der Waals surface area contributed by atoms with E-state index in [9.17, 15) is 28.8 Å². The molecule has 0 fully saturated rings. The van der Waals surface area contributed by atoms with Crippen molar-refractivity contribution < 1.29 is 54.3 Å². The molecule has 18 N–H and O–H groups in total. The number of aromatic amines is 1. The fourth-order valence-electron chi connectivity index (χ4n) is 2.24. The summed E-state index contributed by atoms with van der Waals surface area (Å²) in [5, 5.41) is 40.7. The number of nitrogens with two attached hydrogens (primary N) is 6. The third-order valence-corrected chi connectivity index (χ3v) is 4.30. The van der Waals surface area contributed by atoms with E-state index in [-0.39, 0.29) is 19.4 Å². The number of H-pyrrole nitrogens is 1. The van der Waals surface area contributed by atoms with Crippen LogP contribution in [0.15, 0.2) is 12.5 Å². The van der Waals surface area contributed by atoms with Gasteiger partial charge in [0.25, 0.3) is 0 Å². The number of aromatic nitrogens is 2. The lowest BCUT2D eigenvalue weighted by atomic mass is 10.1. The number of primary amides is 1. The first kappa shape index (κ1) is 45.8. The van der Waals surface area contributed by atoms with Crippen molar-refractivity contribution >= 4 is 35.8 Å². The number of carboxylic acids is 5. The van der Waals surface area contributed by atoms with Crippen LogP contribution in [0.4, 0.5) is 0 Å². The van der Waals surface area contributed by atoms with Crippen LogP contribution >= 0.6 is 0 Å². The number of imidazole rings is 1. The Morgan fingerprint density at radius 1 is 0.721 bits per heavy atom. The van der Waals surface area contributed by atoms with Crippen molar-refractivity contribution in [1.29, 1.82) is 0 Å². The van der Waals surface area contributed by atoms with Gasteiger partial charge in [0.15, 0.2) is 0 Å². The van der Waals surface area contributed by atoms with Gasteiger partial charge in [0.2, 0.25) is 5.91 Å². The van der Waals surface area contributed by atoms with E-state index in [1.807, 2.05) is 27.7 Å². The van der Waals surface area contributed by atoms with Crippen molar-refractivity contribution in [2.24, 2.45) is 46.2 Å². The zero-order chi connectivity index (χ0) is 34.9. The van der Waals surface area contributed by atoms with Crippen LogP contribution in [-0.4, -0.2) is 102 Å². The molecule has 1 heterocycles. The van der Waals surface area contributed by atoms with Crippen LogP contribution in [0.25, 0.3) is 0 Å². The number of hydrogen-bond donors (Lipinski definition) is 12. The summed E-state index contributed by atoms with van der Waals surface area (Å²) < 4.78 is 0. The number of rotatable bonds is 13. The summed E-state index contributed by atoms with van der Waals surface area (Å²) in [6.07, 6.45) is 4.17. The minimum absolute atomic E-state index is 0.263. The summed E-state index contributed by atoms with van der Waals surface area (Å²) in [5.74, 6) is -5.00. The number of carbonyl (C=O) groups is 6. The summed E-state index contributed by atoms with van der Waals surface area (Å²) in [6.45, 7) is 7.51. The van der Waals surface area contributed by atoms with Crippen LogP contribution in [0.3, 0.4) is 0 Å². The maximum absolute atomic E-state index is 10.3. The molecule has 0 radical (unpaired) electrons. The lowest BCUT2D eigenvalue weighted by Crippen LogP contribution is -2.34. The first-order valence-corrected chi connectivity index (χ1v) is 12.7. The standard InChI is InChI=1S/C6H9N3O2.2C6H13NO2.C4H8N2O3.C2H5NO2/c7-5(6(10)11)1-4-2-8-3-9-4;2*1-4(2)3-5(7)6(8)9;5-2(4(8)9)1-3(6)7;3-1-2(4)5/h2-3,5H,1,7H2,(H,8,9)(H,10,11);2*4-5H,3,7H2,1-2H3,(H,8,9);2H,1,5H2,(H2,6,7)(H,8,9);1,3H2,(H,4,5)/t3*5-;2-;/m0000./s1. The monoisotopic (exact) mass is 624 g/mol. The Hall–Kier alpha value is -4.17. The minimum Gasteiger partial charge on any atom is -0.480 e. The molecule has 0 saturated heterocycles. The molecule has 0 aromatic carbocycles. The minimum atomic E-state index is -1.21. The molecule has 1 aromatic rings. The summed E-state index contributed by atoms with van der Waals surface area (Å²) >= 11 is 0. The highest BCUT2D eigenvalue weighted by atomic mass is 16.4. The molecule has 19 nitrogen and oxygen atoms in total. The molecule has 1 aromatic heterocycles. The Morgan fingerprint density at radius 3 is 1.23 bits per heavy atom. The molecule has 1 amide bonds. The lowest BCUT2D eigenvalue weighted by molar-refractivity contribution is -0.140. The molecular weight excluding hydrogens is 576 g/mol. The van der Waals surface area contributed by atoms with Crippen molar-refractivity contribution in [3.63, 3.8) is 0 Å². The average Bonchev–Trinajstić information content (AvgIpc) is 3.37. The Morgan fingerprint density at radius 2 is 1.07 bits per heavy atom. The lowest BCUT2D eigenvalue weighted by Gasteiger charge is -2.07. The van der Waals surface area contributed by atoms with Gasteiger partial charge in [-0.05, 0) is 24.7 Å².